The van der Waals surface area contributed by atoms with E-state index >= 15 is 0 Å². The van der Waals surface area contributed by atoms with Crippen LogP contribution in [0, 0.1) is 17.0 Å². The van der Waals surface area contributed by atoms with Crippen LogP contribution >= 0.6 is 0 Å². The van der Waals surface area contributed by atoms with E-state index in [4.69, 9.17) is 0 Å². The van der Waals surface area contributed by atoms with Gasteiger partial charge in [-0.15, -0.1) is 5.10 Å². The summed E-state index contributed by atoms with van der Waals surface area (Å²) in [5, 5.41) is 8.67. The Balaban J connectivity index is 1.70. The highest BCUT2D eigenvalue weighted by atomic mass is 19.1. The fraction of sp³-hybridized carbons (Fsp3) is 0.476. The molecule has 140 valence electrons. The second kappa shape index (κ2) is 5.33. The van der Waals surface area contributed by atoms with E-state index in [0.717, 1.165) is 37.1 Å². The summed E-state index contributed by atoms with van der Waals surface area (Å²) in [5.41, 5.74) is 1.24. The van der Waals surface area contributed by atoms with E-state index in [1.165, 1.54) is 18.2 Å². The fourth-order valence-electron chi connectivity index (χ4n) is 5.81. The Morgan fingerprint density at radius 1 is 1.19 bits per heavy atom. The summed E-state index contributed by atoms with van der Waals surface area (Å²) in [4.78, 5) is 14.6. The lowest BCUT2D eigenvalue weighted by Gasteiger charge is -2.45. The minimum atomic E-state index is -0.642. The highest BCUT2D eigenvalue weighted by molar-refractivity contribution is 5.80. The molecule has 2 atom stereocenters. The third kappa shape index (κ3) is 1.93. The first-order valence-electron chi connectivity index (χ1n) is 9.51. The molecule has 1 saturated heterocycles. The monoisotopic (exact) mass is 369 g/mol. The lowest BCUT2D eigenvalue weighted by molar-refractivity contribution is -0.137. The van der Waals surface area contributed by atoms with Crippen LogP contribution in [0.1, 0.15) is 56.7 Å². The average molecular weight is 369 g/mol. The molecule has 0 radical (unpaired) electrons. The lowest BCUT2D eigenvalue weighted by atomic mass is 9.74. The number of benzene rings is 1. The van der Waals surface area contributed by atoms with Crippen LogP contribution in [0.2, 0.25) is 0 Å². The largest absolute Gasteiger partial charge is 0.331 e. The number of rotatable bonds is 2. The Kier molecular flexibility index (Phi) is 3.31. The van der Waals surface area contributed by atoms with Gasteiger partial charge in [0.05, 0.1) is 22.5 Å². The molecule has 6 heteroatoms. The van der Waals surface area contributed by atoms with Gasteiger partial charge in [-0.3, -0.25) is 4.79 Å². The first-order valence-corrected chi connectivity index (χ1v) is 9.51. The Morgan fingerprint density at radius 2 is 1.93 bits per heavy atom. The molecule has 2 bridgehead atoms. The van der Waals surface area contributed by atoms with Crippen LogP contribution in [0.4, 0.5) is 8.78 Å². The first-order chi connectivity index (χ1) is 12.9. The Hall–Kier alpha value is -2.37. The smallest absolute Gasteiger partial charge is 0.223 e. The number of carbonyl (C=O) groups is 1. The molecule has 5 rings (SSSR count). The maximum Gasteiger partial charge on any atom is 0.223 e. The summed E-state index contributed by atoms with van der Waals surface area (Å²) in [6.45, 7) is 5.10. The molecule has 1 aromatic heterocycles. The molecule has 1 aliphatic heterocycles. The van der Waals surface area contributed by atoms with Crippen LogP contribution in [0.25, 0.3) is 11.3 Å². The summed E-state index contributed by atoms with van der Waals surface area (Å²) >= 11 is 0. The number of amides is 1. The molecule has 2 unspecified atom stereocenters. The van der Waals surface area contributed by atoms with Crippen molar-refractivity contribution >= 4 is 5.91 Å². The van der Waals surface area contributed by atoms with Gasteiger partial charge in [0.15, 0.2) is 0 Å². The molecule has 2 aliphatic carbocycles. The van der Waals surface area contributed by atoms with Gasteiger partial charge in [0, 0.05) is 18.4 Å². The van der Waals surface area contributed by atoms with Gasteiger partial charge in [0.25, 0.3) is 0 Å². The molecule has 27 heavy (non-hydrogen) atoms. The van der Waals surface area contributed by atoms with Crippen LogP contribution in [0.3, 0.4) is 0 Å². The van der Waals surface area contributed by atoms with E-state index in [1.807, 2.05) is 4.90 Å². The molecule has 1 amide bonds. The number of aromatic nitrogens is 2. The predicted octanol–water partition coefficient (Wildman–Crippen LogP) is 4.16. The minimum Gasteiger partial charge on any atom is -0.331 e. The van der Waals surface area contributed by atoms with Crippen LogP contribution < -0.4 is 0 Å². The van der Waals surface area contributed by atoms with E-state index in [1.54, 1.807) is 6.07 Å². The maximum atomic E-state index is 14.2. The molecule has 4 nitrogen and oxygen atoms in total. The number of nitrogens with zero attached hydrogens (tertiary/aromatic N) is 3. The number of hydrogen-bond acceptors (Lipinski definition) is 3. The average Bonchev–Trinajstić information content (AvgIpc) is 3.22. The van der Waals surface area contributed by atoms with Gasteiger partial charge in [-0.2, -0.15) is 5.10 Å². The van der Waals surface area contributed by atoms with E-state index < -0.39 is 17.2 Å². The number of likely N-dealkylation sites (tertiary alicyclic amines) is 1. The lowest BCUT2D eigenvalue weighted by Crippen LogP contribution is -2.52. The van der Waals surface area contributed by atoms with E-state index in [9.17, 15) is 13.6 Å². The maximum absolute atomic E-state index is 14.2. The summed E-state index contributed by atoms with van der Waals surface area (Å²) in [7, 11) is 0. The van der Waals surface area contributed by atoms with Crippen LogP contribution in [-0.2, 0) is 10.3 Å². The van der Waals surface area contributed by atoms with Crippen LogP contribution in [-0.4, -0.2) is 27.5 Å². The van der Waals surface area contributed by atoms with Crippen molar-refractivity contribution in [2.45, 2.75) is 51.0 Å². The zero-order valence-corrected chi connectivity index (χ0v) is 15.4. The van der Waals surface area contributed by atoms with Crippen molar-refractivity contribution in [1.82, 2.24) is 15.1 Å². The quantitative estimate of drug-likeness (QED) is 0.799. The molecule has 0 N–H and O–H groups in total. The molecule has 3 aliphatic rings. The summed E-state index contributed by atoms with van der Waals surface area (Å²) in [5.74, 6) is -0.917. The van der Waals surface area contributed by atoms with Crippen molar-refractivity contribution in [2.24, 2.45) is 5.41 Å². The summed E-state index contributed by atoms with van der Waals surface area (Å²) in [6.07, 6.45) is 3.24. The number of hydrogen-bond donors (Lipinski definition) is 0. The van der Waals surface area contributed by atoms with Crippen molar-refractivity contribution in [2.75, 3.05) is 6.54 Å². The van der Waals surface area contributed by atoms with Gasteiger partial charge in [0.2, 0.25) is 5.91 Å². The highest BCUT2D eigenvalue weighted by Gasteiger charge is 2.67. The van der Waals surface area contributed by atoms with Crippen LogP contribution in [0.5, 0.6) is 0 Å². The standard InChI is InChI=1S/C21H21F2N3O/c1-20(2)13-8-9-21(20,26-10-4-7-17(26)27)19-12(13)11-16(24-25-19)18-14(22)5-3-6-15(18)23/h3,5-6,11,13H,4,7-10H2,1-2H3. The highest BCUT2D eigenvalue weighted by Crippen LogP contribution is 2.69. The van der Waals surface area contributed by atoms with E-state index in [2.05, 4.69) is 24.0 Å². The third-order valence-corrected chi connectivity index (χ3v) is 7.08. The number of halogens is 2. The van der Waals surface area contributed by atoms with Crippen molar-refractivity contribution in [3.05, 3.63) is 47.2 Å². The fourth-order valence-corrected chi connectivity index (χ4v) is 5.81. The van der Waals surface area contributed by atoms with Gasteiger partial charge in [-0.05, 0) is 48.9 Å². The van der Waals surface area contributed by atoms with Crippen molar-refractivity contribution in [3.8, 4) is 11.3 Å². The number of fused-ring (bicyclic) bond motifs is 5. The van der Waals surface area contributed by atoms with Crippen molar-refractivity contribution < 1.29 is 13.6 Å². The van der Waals surface area contributed by atoms with E-state index in [-0.39, 0.29) is 28.5 Å². The molecule has 2 fully saturated rings. The third-order valence-electron chi connectivity index (χ3n) is 7.08. The van der Waals surface area contributed by atoms with Gasteiger partial charge in [-0.1, -0.05) is 19.9 Å². The summed E-state index contributed by atoms with van der Waals surface area (Å²) < 4.78 is 28.5. The topological polar surface area (TPSA) is 46.1 Å². The van der Waals surface area contributed by atoms with Crippen LogP contribution in [0.15, 0.2) is 24.3 Å². The zero-order chi connectivity index (χ0) is 19.0. The molecule has 0 spiro atoms. The number of carbonyl (C=O) groups excluding carboxylic acids is 1. The Morgan fingerprint density at radius 3 is 2.59 bits per heavy atom. The molecular weight excluding hydrogens is 348 g/mol. The SMILES string of the molecule is CC1(C)C2CCC1(N1CCCC1=O)c1nnc(-c3c(F)cccc3F)cc12. The second-order valence-electron chi connectivity index (χ2n) is 8.45. The normalized spacial score (nSPS) is 28.1. The van der Waals surface area contributed by atoms with Gasteiger partial charge < -0.3 is 4.90 Å². The van der Waals surface area contributed by atoms with Crippen molar-refractivity contribution in [3.63, 3.8) is 0 Å². The minimum absolute atomic E-state index is 0.139. The zero-order valence-electron chi connectivity index (χ0n) is 15.4. The van der Waals surface area contributed by atoms with Crippen molar-refractivity contribution in [1.29, 1.82) is 0 Å². The van der Waals surface area contributed by atoms with Gasteiger partial charge >= 0.3 is 0 Å². The molecule has 1 aromatic carbocycles. The predicted molar refractivity (Wildman–Crippen MR) is 95.8 cm³/mol. The first kappa shape index (κ1) is 16.8. The summed E-state index contributed by atoms with van der Waals surface area (Å²) in [6, 6.07) is 5.59. The molecule has 1 saturated carbocycles. The Labute approximate surface area is 156 Å². The Bertz CT molecular complexity index is 954. The molecule has 2 aromatic rings. The molecular formula is C21H21F2N3O. The van der Waals surface area contributed by atoms with Gasteiger partial charge in [-0.25, -0.2) is 8.78 Å². The molecule has 2 heterocycles. The second-order valence-corrected chi connectivity index (χ2v) is 8.45. The van der Waals surface area contributed by atoms with Gasteiger partial charge in [0.1, 0.15) is 11.6 Å². The van der Waals surface area contributed by atoms with E-state index in [0.29, 0.717) is 6.42 Å².